The van der Waals surface area contributed by atoms with Gasteiger partial charge in [-0.1, -0.05) is 18.2 Å². The fraction of sp³-hybridized carbons (Fsp3) is 0.625. The van der Waals surface area contributed by atoms with Crippen molar-refractivity contribution in [3.63, 3.8) is 0 Å². The second-order valence-corrected chi connectivity index (χ2v) is 5.80. The minimum Gasteiger partial charge on any atom is -0.313 e. The van der Waals surface area contributed by atoms with Gasteiger partial charge < -0.3 is 10.2 Å². The zero-order valence-corrected chi connectivity index (χ0v) is 12.8. The highest BCUT2D eigenvalue weighted by Gasteiger charge is 2.22. The van der Waals surface area contributed by atoms with Crippen LogP contribution in [0, 0.1) is 5.82 Å². The van der Waals surface area contributed by atoms with Gasteiger partial charge in [-0.2, -0.15) is 0 Å². The minimum atomic E-state index is -0.113. The van der Waals surface area contributed by atoms with Crippen molar-refractivity contribution in [2.45, 2.75) is 25.4 Å². The minimum absolute atomic E-state index is 0.0862. The summed E-state index contributed by atoms with van der Waals surface area (Å²) in [4.78, 5) is 4.87. The molecular weight excluding hydrogens is 253 g/mol. The Bertz CT molecular complexity index is 424. The Balaban J connectivity index is 1.93. The lowest BCUT2D eigenvalue weighted by atomic mass is 10.0. The van der Waals surface area contributed by atoms with Gasteiger partial charge >= 0.3 is 0 Å². The highest BCUT2D eigenvalue weighted by atomic mass is 19.1. The van der Waals surface area contributed by atoms with Gasteiger partial charge in [0.15, 0.2) is 0 Å². The normalized spacial score (nSPS) is 22.9. The molecule has 1 aliphatic heterocycles. The standard InChI is InChI=1S/C16H26FN3/c1-13-12-19(3)10-11-20(13)9-8-16(18-2)14-6-4-5-7-15(14)17/h4-7,13,16,18H,8-12H2,1-3H3. The smallest absolute Gasteiger partial charge is 0.127 e. The molecule has 4 heteroatoms. The SMILES string of the molecule is CNC(CCN1CCN(C)CC1C)c1ccccc1F. The van der Waals surface area contributed by atoms with Crippen LogP contribution in [0.15, 0.2) is 24.3 Å². The predicted octanol–water partition coefficient (Wildman–Crippen LogP) is 2.11. The Kier molecular flexibility index (Phi) is 5.52. The predicted molar refractivity (Wildman–Crippen MR) is 81.3 cm³/mol. The van der Waals surface area contributed by atoms with Crippen LogP contribution >= 0.6 is 0 Å². The molecule has 20 heavy (non-hydrogen) atoms. The van der Waals surface area contributed by atoms with E-state index in [0.717, 1.165) is 38.2 Å². The van der Waals surface area contributed by atoms with E-state index in [-0.39, 0.29) is 11.9 Å². The summed E-state index contributed by atoms with van der Waals surface area (Å²) in [6.07, 6.45) is 0.936. The Morgan fingerprint density at radius 3 is 2.75 bits per heavy atom. The molecule has 0 amide bonds. The largest absolute Gasteiger partial charge is 0.313 e. The summed E-state index contributed by atoms with van der Waals surface area (Å²) in [5, 5.41) is 3.25. The number of piperazine rings is 1. The van der Waals surface area contributed by atoms with E-state index in [4.69, 9.17) is 0 Å². The zero-order valence-electron chi connectivity index (χ0n) is 12.8. The van der Waals surface area contributed by atoms with Gasteiger partial charge in [-0.3, -0.25) is 4.90 Å². The second kappa shape index (κ2) is 7.16. The van der Waals surface area contributed by atoms with Crippen LogP contribution in [0.4, 0.5) is 4.39 Å². The molecule has 1 aliphatic rings. The Morgan fingerprint density at radius 2 is 2.10 bits per heavy atom. The molecule has 0 radical (unpaired) electrons. The molecule has 1 N–H and O–H groups in total. The number of hydrogen-bond donors (Lipinski definition) is 1. The summed E-state index contributed by atoms with van der Waals surface area (Å²) in [7, 11) is 4.08. The molecule has 2 unspecified atom stereocenters. The van der Waals surface area contributed by atoms with Gasteiger partial charge in [0.25, 0.3) is 0 Å². The Morgan fingerprint density at radius 1 is 1.35 bits per heavy atom. The van der Waals surface area contributed by atoms with Crippen LogP contribution in [0.25, 0.3) is 0 Å². The number of benzene rings is 1. The van der Waals surface area contributed by atoms with Gasteiger partial charge in [0, 0.05) is 43.8 Å². The van der Waals surface area contributed by atoms with Crippen LogP contribution in [0.2, 0.25) is 0 Å². The van der Waals surface area contributed by atoms with E-state index in [9.17, 15) is 4.39 Å². The molecule has 112 valence electrons. The first-order valence-electron chi connectivity index (χ1n) is 7.46. The molecule has 1 fully saturated rings. The van der Waals surface area contributed by atoms with E-state index in [1.54, 1.807) is 6.07 Å². The first-order valence-corrected chi connectivity index (χ1v) is 7.46. The van der Waals surface area contributed by atoms with Crippen molar-refractivity contribution in [1.82, 2.24) is 15.1 Å². The lowest BCUT2D eigenvalue weighted by Crippen LogP contribution is -2.50. The molecule has 3 nitrogen and oxygen atoms in total. The van der Waals surface area contributed by atoms with Crippen LogP contribution in [-0.2, 0) is 0 Å². The van der Waals surface area contributed by atoms with Gasteiger partial charge in [0.2, 0.25) is 0 Å². The Hall–Kier alpha value is -0.970. The molecule has 0 aliphatic carbocycles. The molecule has 0 spiro atoms. The number of nitrogens with one attached hydrogen (secondary N) is 1. The Labute approximate surface area is 121 Å². The molecule has 0 saturated carbocycles. The molecule has 2 rings (SSSR count). The van der Waals surface area contributed by atoms with E-state index in [1.165, 1.54) is 6.07 Å². The molecule has 1 aromatic rings. The van der Waals surface area contributed by atoms with E-state index < -0.39 is 0 Å². The third kappa shape index (κ3) is 3.78. The maximum Gasteiger partial charge on any atom is 0.127 e. The first kappa shape index (κ1) is 15.4. The first-order chi connectivity index (χ1) is 9.61. The molecule has 1 saturated heterocycles. The second-order valence-electron chi connectivity index (χ2n) is 5.80. The molecule has 1 aromatic carbocycles. The molecular formula is C16H26FN3. The summed E-state index contributed by atoms with van der Waals surface area (Å²) in [6, 6.07) is 7.73. The number of halogens is 1. The summed E-state index contributed by atoms with van der Waals surface area (Å²) >= 11 is 0. The molecule has 0 aromatic heterocycles. The van der Waals surface area contributed by atoms with E-state index in [2.05, 4.69) is 29.1 Å². The molecule has 0 bridgehead atoms. The maximum atomic E-state index is 13.9. The van der Waals surface area contributed by atoms with Gasteiger partial charge in [0.1, 0.15) is 5.82 Å². The van der Waals surface area contributed by atoms with Crippen molar-refractivity contribution < 1.29 is 4.39 Å². The van der Waals surface area contributed by atoms with Gasteiger partial charge in [0.05, 0.1) is 0 Å². The van der Waals surface area contributed by atoms with E-state index in [1.807, 2.05) is 19.2 Å². The van der Waals surface area contributed by atoms with Crippen molar-refractivity contribution >= 4 is 0 Å². The number of rotatable bonds is 5. The van der Waals surface area contributed by atoms with Crippen LogP contribution < -0.4 is 5.32 Å². The fourth-order valence-electron chi connectivity index (χ4n) is 3.02. The lowest BCUT2D eigenvalue weighted by Gasteiger charge is -2.38. The van der Waals surface area contributed by atoms with Crippen molar-refractivity contribution in [2.75, 3.05) is 40.3 Å². The summed E-state index contributed by atoms with van der Waals surface area (Å²) in [6.45, 7) is 6.62. The number of likely N-dealkylation sites (N-methyl/N-ethyl adjacent to an activating group) is 1. The number of nitrogens with zero attached hydrogens (tertiary/aromatic N) is 2. The monoisotopic (exact) mass is 279 g/mol. The highest BCUT2D eigenvalue weighted by Crippen LogP contribution is 2.21. The average Bonchev–Trinajstić information content (AvgIpc) is 2.43. The third-order valence-electron chi connectivity index (χ3n) is 4.30. The van der Waals surface area contributed by atoms with Crippen molar-refractivity contribution in [3.8, 4) is 0 Å². The van der Waals surface area contributed by atoms with E-state index >= 15 is 0 Å². The van der Waals surface area contributed by atoms with E-state index in [0.29, 0.717) is 6.04 Å². The topological polar surface area (TPSA) is 18.5 Å². The number of hydrogen-bond acceptors (Lipinski definition) is 3. The fourth-order valence-corrected chi connectivity index (χ4v) is 3.02. The maximum absolute atomic E-state index is 13.9. The van der Waals surface area contributed by atoms with Gasteiger partial charge in [-0.05, 0) is 33.5 Å². The zero-order chi connectivity index (χ0) is 14.5. The van der Waals surface area contributed by atoms with Crippen molar-refractivity contribution in [1.29, 1.82) is 0 Å². The summed E-state index contributed by atoms with van der Waals surface area (Å²) in [5.74, 6) is -0.113. The molecule has 2 atom stereocenters. The van der Waals surface area contributed by atoms with Gasteiger partial charge in [-0.25, -0.2) is 4.39 Å². The third-order valence-corrected chi connectivity index (χ3v) is 4.30. The van der Waals surface area contributed by atoms with Crippen LogP contribution in [0.1, 0.15) is 24.9 Å². The van der Waals surface area contributed by atoms with Gasteiger partial charge in [-0.15, -0.1) is 0 Å². The average molecular weight is 279 g/mol. The lowest BCUT2D eigenvalue weighted by molar-refractivity contribution is 0.0962. The van der Waals surface area contributed by atoms with Crippen molar-refractivity contribution in [3.05, 3.63) is 35.6 Å². The summed E-state index contributed by atoms with van der Waals surface area (Å²) < 4.78 is 13.9. The highest BCUT2D eigenvalue weighted by molar-refractivity contribution is 5.21. The summed E-state index contributed by atoms with van der Waals surface area (Å²) in [5.41, 5.74) is 0.775. The quantitative estimate of drug-likeness (QED) is 0.890. The molecule has 1 heterocycles. The van der Waals surface area contributed by atoms with Crippen molar-refractivity contribution in [2.24, 2.45) is 0 Å². The van der Waals surface area contributed by atoms with Crippen LogP contribution in [0.3, 0.4) is 0 Å². The van der Waals surface area contributed by atoms with Crippen LogP contribution in [0.5, 0.6) is 0 Å². The van der Waals surface area contributed by atoms with Crippen LogP contribution in [-0.4, -0.2) is 56.1 Å².